The van der Waals surface area contributed by atoms with Crippen LogP contribution in [0.3, 0.4) is 0 Å². The molecule has 2 N–H and O–H groups in total. The van der Waals surface area contributed by atoms with Crippen LogP contribution in [-0.4, -0.2) is 63.0 Å². The summed E-state index contributed by atoms with van der Waals surface area (Å²) in [7, 11) is 0. The van der Waals surface area contributed by atoms with Crippen LogP contribution < -0.4 is 9.80 Å². The zero-order valence-corrected chi connectivity index (χ0v) is 14.7. The van der Waals surface area contributed by atoms with E-state index in [0.717, 1.165) is 45.5 Å². The number of carbonyl (C=O) groups excluding carboxylic acids is 1. The number of hydrogen-bond donors (Lipinski definition) is 2. The quantitative estimate of drug-likeness (QED) is 0.481. The monoisotopic (exact) mass is 325 g/mol. The van der Waals surface area contributed by atoms with Crippen LogP contribution in [0.4, 0.5) is 0 Å². The zero-order chi connectivity index (χ0) is 16.9. The Morgan fingerprint density at radius 3 is 2.83 bits per heavy atom. The van der Waals surface area contributed by atoms with Gasteiger partial charge in [0.2, 0.25) is 0 Å². The fourth-order valence-electron chi connectivity index (χ4n) is 4.24. The molecule has 0 bridgehead atoms. The maximum Gasteiger partial charge on any atom is 0.361 e. The van der Waals surface area contributed by atoms with Gasteiger partial charge in [-0.05, 0) is 20.3 Å². The van der Waals surface area contributed by atoms with Gasteiger partial charge in [-0.25, -0.2) is 4.79 Å². The molecule has 130 valence electrons. The first-order valence-corrected chi connectivity index (χ1v) is 8.82. The van der Waals surface area contributed by atoms with E-state index in [1.165, 1.54) is 9.80 Å². The molecular weight excluding hydrogens is 294 g/mol. The number of nitrogens with one attached hydrogen (secondary N) is 2. The summed E-state index contributed by atoms with van der Waals surface area (Å²) in [5.74, 6) is -0.115. The van der Waals surface area contributed by atoms with Crippen molar-refractivity contribution in [2.45, 2.75) is 51.2 Å². The number of ether oxygens (including phenoxy) is 2. The van der Waals surface area contributed by atoms with E-state index >= 15 is 0 Å². The summed E-state index contributed by atoms with van der Waals surface area (Å²) in [6.45, 7) is 11.1. The van der Waals surface area contributed by atoms with E-state index in [0.29, 0.717) is 19.7 Å². The molecule has 2 unspecified atom stereocenters. The molecule has 0 amide bonds. The summed E-state index contributed by atoms with van der Waals surface area (Å²) < 4.78 is 11.2. The Morgan fingerprint density at radius 1 is 1.39 bits per heavy atom. The van der Waals surface area contributed by atoms with Gasteiger partial charge in [-0.3, -0.25) is 0 Å². The first kappa shape index (κ1) is 18.2. The van der Waals surface area contributed by atoms with Gasteiger partial charge in [0.05, 0.1) is 18.8 Å². The minimum Gasteiger partial charge on any atom is -0.462 e. The fraction of sp³-hybridized carbons (Fsp3) is 0.882. The van der Waals surface area contributed by atoms with Crippen LogP contribution in [0.25, 0.3) is 0 Å². The molecule has 0 aromatic heterocycles. The lowest BCUT2D eigenvalue weighted by Crippen LogP contribution is -3.34. The Bertz CT molecular complexity index is 464. The third kappa shape index (κ3) is 4.23. The molecular formula is C17H31N3O3+2. The lowest BCUT2D eigenvalue weighted by atomic mass is 9.76. The van der Waals surface area contributed by atoms with Gasteiger partial charge in [-0.1, -0.05) is 6.92 Å². The topological polar surface area (TPSA) is 68.2 Å². The van der Waals surface area contributed by atoms with Gasteiger partial charge >= 0.3 is 5.97 Å². The van der Waals surface area contributed by atoms with Crippen LogP contribution in [0, 0.1) is 11.3 Å². The van der Waals surface area contributed by atoms with Gasteiger partial charge in [-0.2, -0.15) is 5.26 Å². The molecule has 0 saturated carbocycles. The summed E-state index contributed by atoms with van der Waals surface area (Å²) >= 11 is 0. The molecule has 2 saturated heterocycles. The van der Waals surface area contributed by atoms with E-state index in [1.54, 1.807) is 0 Å². The molecule has 0 radical (unpaired) electrons. The van der Waals surface area contributed by atoms with Crippen molar-refractivity contribution in [2.24, 2.45) is 0 Å². The number of carbonyl (C=O) groups is 1. The minimum atomic E-state index is -0.132. The average Bonchev–Trinajstić information content (AvgIpc) is 2.51. The molecule has 0 aliphatic carbocycles. The van der Waals surface area contributed by atoms with E-state index in [9.17, 15) is 4.79 Å². The standard InChI is InChI=1S/C17H29N3O3/c1-4-16(3)13-17(6-11-23-16)14-19(8-7-18)9-10-20(17)12-15(21)22-5-2/h4-6,8-14H2,1-3H3/p+2/t16-,17-/m1/s1. The maximum absolute atomic E-state index is 12.0. The smallest absolute Gasteiger partial charge is 0.361 e. The Kier molecular flexibility index (Phi) is 6.01. The van der Waals surface area contributed by atoms with Crippen molar-refractivity contribution in [2.75, 3.05) is 45.9 Å². The molecule has 6 heteroatoms. The molecule has 23 heavy (non-hydrogen) atoms. The number of esters is 1. The number of rotatable bonds is 5. The van der Waals surface area contributed by atoms with E-state index < -0.39 is 0 Å². The number of nitrogens with zero attached hydrogens (tertiary/aromatic N) is 1. The molecule has 2 aliphatic heterocycles. The van der Waals surface area contributed by atoms with Crippen LogP contribution in [0.15, 0.2) is 0 Å². The van der Waals surface area contributed by atoms with Crippen LogP contribution in [0.1, 0.15) is 40.0 Å². The molecule has 4 atom stereocenters. The number of piperazine rings is 1. The molecule has 2 rings (SSSR count). The van der Waals surface area contributed by atoms with Gasteiger partial charge in [0.25, 0.3) is 0 Å². The van der Waals surface area contributed by atoms with Gasteiger partial charge < -0.3 is 19.3 Å². The molecule has 2 fully saturated rings. The van der Waals surface area contributed by atoms with Crippen molar-refractivity contribution < 1.29 is 24.1 Å². The zero-order valence-electron chi connectivity index (χ0n) is 14.7. The molecule has 1 spiro atoms. The van der Waals surface area contributed by atoms with Crippen LogP contribution in [0.2, 0.25) is 0 Å². The molecule has 0 aromatic carbocycles. The van der Waals surface area contributed by atoms with Crippen molar-refractivity contribution in [3.05, 3.63) is 0 Å². The van der Waals surface area contributed by atoms with E-state index in [-0.39, 0.29) is 17.1 Å². The summed E-state index contributed by atoms with van der Waals surface area (Å²) in [6.07, 6.45) is 2.86. The minimum absolute atomic E-state index is 0.0141. The molecule has 2 aliphatic rings. The van der Waals surface area contributed by atoms with Gasteiger partial charge in [0.1, 0.15) is 25.7 Å². The van der Waals surface area contributed by atoms with Gasteiger partial charge in [-0.15, -0.1) is 0 Å². The lowest BCUT2D eigenvalue weighted by molar-refractivity contribution is -1.05. The van der Waals surface area contributed by atoms with E-state index in [1.807, 2.05) is 6.92 Å². The summed E-state index contributed by atoms with van der Waals surface area (Å²) in [5, 5.41) is 9.06. The maximum atomic E-state index is 12.0. The number of nitriles is 1. The highest BCUT2D eigenvalue weighted by atomic mass is 16.5. The van der Waals surface area contributed by atoms with E-state index in [4.69, 9.17) is 14.7 Å². The summed E-state index contributed by atoms with van der Waals surface area (Å²) in [4.78, 5) is 14.7. The number of hydrogen-bond acceptors (Lipinski definition) is 4. The number of quaternary nitrogens is 2. The average molecular weight is 325 g/mol. The summed E-state index contributed by atoms with van der Waals surface area (Å²) in [5.41, 5.74) is -0.118. The van der Waals surface area contributed by atoms with Gasteiger partial charge in [0, 0.05) is 12.8 Å². The first-order valence-electron chi connectivity index (χ1n) is 8.82. The Balaban J connectivity index is 2.19. The first-order chi connectivity index (χ1) is 11.0. The van der Waals surface area contributed by atoms with Crippen LogP contribution in [-0.2, 0) is 14.3 Å². The Hall–Kier alpha value is -1.16. The fourth-order valence-corrected chi connectivity index (χ4v) is 4.24. The summed E-state index contributed by atoms with van der Waals surface area (Å²) in [6, 6.07) is 2.30. The van der Waals surface area contributed by atoms with Crippen molar-refractivity contribution in [1.29, 1.82) is 5.26 Å². The van der Waals surface area contributed by atoms with Crippen molar-refractivity contribution in [3.8, 4) is 6.07 Å². The predicted molar refractivity (Wildman–Crippen MR) is 85.1 cm³/mol. The highest BCUT2D eigenvalue weighted by Crippen LogP contribution is 2.32. The van der Waals surface area contributed by atoms with Crippen molar-refractivity contribution in [1.82, 2.24) is 0 Å². The second-order valence-electron chi connectivity index (χ2n) is 7.21. The third-order valence-corrected chi connectivity index (χ3v) is 5.60. The largest absolute Gasteiger partial charge is 0.462 e. The second kappa shape index (κ2) is 7.61. The third-order valence-electron chi connectivity index (χ3n) is 5.60. The Morgan fingerprint density at radius 2 is 2.17 bits per heavy atom. The highest BCUT2D eigenvalue weighted by Gasteiger charge is 2.54. The second-order valence-corrected chi connectivity index (χ2v) is 7.21. The lowest BCUT2D eigenvalue weighted by Gasteiger charge is -2.51. The normalized spacial score (nSPS) is 37.3. The van der Waals surface area contributed by atoms with Crippen molar-refractivity contribution >= 4 is 5.97 Å². The van der Waals surface area contributed by atoms with Crippen LogP contribution in [0.5, 0.6) is 0 Å². The van der Waals surface area contributed by atoms with Crippen LogP contribution >= 0.6 is 0 Å². The van der Waals surface area contributed by atoms with E-state index in [2.05, 4.69) is 19.9 Å². The van der Waals surface area contributed by atoms with Crippen molar-refractivity contribution in [3.63, 3.8) is 0 Å². The Labute approximate surface area is 139 Å². The molecule has 0 aromatic rings. The van der Waals surface area contributed by atoms with Gasteiger partial charge in [0.15, 0.2) is 18.6 Å². The SMILES string of the molecule is CCOC(=O)C[NH+]1CC[NH+](CC#N)C[C@]12CCO[C@](C)(CC)C2. The molecule has 6 nitrogen and oxygen atoms in total. The highest BCUT2D eigenvalue weighted by molar-refractivity contribution is 5.70. The predicted octanol–water partition coefficient (Wildman–Crippen LogP) is -1.43. The molecule has 2 heterocycles.